The van der Waals surface area contributed by atoms with Crippen LogP contribution in [0.25, 0.3) is 0 Å². The van der Waals surface area contributed by atoms with Gasteiger partial charge in [-0.1, -0.05) is 6.92 Å². The highest BCUT2D eigenvalue weighted by molar-refractivity contribution is 6.33. The fourth-order valence-electron chi connectivity index (χ4n) is 1.94. The smallest absolute Gasteiger partial charge is 0.465 e. The quantitative estimate of drug-likeness (QED) is 0.455. The minimum Gasteiger partial charge on any atom is -0.465 e. The summed E-state index contributed by atoms with van der Waals surface area (Å²) in [5.74, 6) is -0.472. The molecule has 1 aliphatic rings. The van der Waals surface area contributed by atoms with E-state index >= 15 is 0 Å². The van der Waals surface area contributed by atoms with Gasteiger partial charge in [-0.25, -0.2) is 0 Å². The summed E-state index contributed by atoms with van der Waals surface area (Å²) < 4.78 is 34.0. The molecule has 0 radical (unpaired) electrons. The number of hydrogen-bond acceptors (Lipinski definition) is 3. The average molecular weight is 295 g/mol. The zero-order valence-corrected chi connectivity index (χ0v) is 12.1. The molecule has 1 saturated heterocycles. The number of likely N-dealkylation sites (tertiary alicyclic amines) is 1. The van der Waals surface area contributed by atoms with Crippen LogP contribution >= 0.6 is 0 Å². The van der Waals surface area contributed by atoms with E-state index in [4.69, 9.17) is 4.74 Å². The topological polar surface area (TPSA) is 46.6 Å². The first-order valence-electron chi connectivity index (χ1n) is 6.68. The predicted octanol–water partition coefficient (Wildman–Crippen LogP) is 2.47. The Kier molecular flexibility index (Phi) is 8.33. The van der Waals surface area contributed by atoms with Crippen molar-refractivity contribution in [2.45, 2.75) is 40.0 Å². The van der Waals surface area contributed by atoms with E-state index in [1.54, 1.807) is 18.7 Å². The number of ether oxygens (including phenoxy) is 1. The van der Waals surface area contributed by atoms with Crippen LogP contribution in [-0.4, -0.2) is 44.0 Å². The summed E-state index contributed by atoms with van der Waals surface area (Å²) in [5.41, 5.74) is -1.000. The molecule has 0 aromatic rings. The van der Waals surface area contributed by atoms with E-state index in [0.29, 0.717) is 13.0 Å². The molecule has 0 aromatic heterocycles. The number of nitrogens with zero attached hydrogens (tertiary/aromatic N) is 1. The fourth-order valence-corrected chi connectivity index (χ4v) is 1.94. The molecule has 1 atom stereocenters. The van der Waals surface area contributed by atoms with Crippen molar-refractivity contribution in [2.24, 2.45) is 5.41 Å². The molecule has 0 N–H and O–H groups in total. The normalized spacial score (nSPS) is 16.8. The van der Waals surface area contributed by atoms with Gasteiger partial charge in [-0.15, -0.1) is 0 Å². The molecular formula is C12H21BF3NO3. The van der Waals surface area contributed by atoms with Gasteiger partial charge in [-0.05, 0) is 33.1 Å². The van der Waals surface area contributed by atoms with Gasteiger partial charge in [0.15, 0.2) is 0 Å². The molecule has 0 aromatic carbocycles. The van der Waals surface area contributed by atoms with E-state index in [1.807, 2.05) is 6.92 Å². The van der Waals surface area contributed by atoms with Crippen molar-refractivity contribution in [3.05, 3.63) is 0 Å². The van der Waals surface area contributed by atoms with Crippen molar-refractivity contribution >= 4 is 19.4 Å². The molecule has 1 amide bonds. The maximum atomic E-state index is 12.2. The van der Waals surface area contributed by atoms with Crippen molar-refractivity contribution in [3.8, 4) is 0 Å². The molecule has 0 spiro atoms. The maximum Gasteiger partial charge on any atom is 0.762 e. The van der Waals surface area contributed by atoms with Crippen molar-refractivity contribution in [1.82, 2.24) is 4.90 Å². The van der Waals surface area contributed by atoms with Gasteiger partial charge in [0.05, 0.1) is 6.61 Å². The molecule has 116 valence electrons. The fraction of sp³-hybridized carbons (Fsp3) is 0.833. The molecule has 0 aliphatic carbocycles. The Bertz CT molecular complexity index is 322. The van der Waals surface area contributed by atoms with Gasteiger partial charge < -0.3 is 9.64 Å². The summed E-state index contributed by atoms with van der Waals surface area (Å²) in [4.78, 5) is 25.8. The molecule has 1 heterocycles. The van der Waals surface area contributed by atoms with Crippen LogP contribution in [0, 0.1) is 5.41 Å². The highest BCUT2D eigenvalue weighted by atomic mass is 19.4. The van der Waals surface area contributed by atoms with Crippen LogP contribution in [0.4, 0.5) is 12.9 Å². The third-order valence-electron chi connectivity index (χ3n) is 3.30. The first kappa shape index (κ1) is 18.8. The minimum atomic E-state index is -3.67. The molecule has 1 rings (SSSR count). The lowest BCUT2D eigenvalue weighted by molar-refractivity contribution is -0.163. The van der Waals surface area contributed by atoms with Gasteiger partial charge in [-0.2, -0.15) is 0 Å². The molecule has 1 fully saturated rings. The number of carbonyl (C=O) groups excluding carboxylic acids is 2. The molecule has 4 nitrogen and oxygen atoms in total. The standard InChI is InChI=1S/C12H21NO3.BF3/c1-4-12(3,11(15)16-5-2)10(14)13-8-6-7-9-13;2-1(3)4/h4-9H2,1-3H3;/t12-;/m0./s1. The van der Waals surface area contributed by atoms with Crippen LogP contribution < -0.4 is 0 Å². The highest BCUT2D eigenvalue weighted by Gasteiger charge is 2.43. The first-order valence-corrected chi connectivity index (χ1v) is 6.68. The summed E-state index contributed by atoms with van der Waals surface area (Å²) in [6, 6.07) is 0. The van der Waals surface area contributed by atoms with Crippen molar-refractivity contribution in [3.63, 3.8) is 0 Å². The number of rotatable bonds is 4. The molecule has 8 heteroatoms. The van der Waals surface area contributed by atoms with Gasteiger partial charge in [0.1, 0.15) is 5.41 Å². The van der Waals surface area contributed by atoms with Gasteiger partial charge in [-0.3, -0.25) is 22.5 Å². The molecule has 1 aliphatic heterocycles. The summed E-state index contributed by atoms with van der Waals surface area (Å²) in [6.45, 7) is 7.16. The maximum absolute atomic E-state index is 12.2. The summed E-state index contributed by atoms with van der Waals surface area (Å²) >= 11 is 0. The Hall–Kier alpha value is -1.21. The Morgan fingerprint density at radius 3 is 2.00 bits per heavy atom. The third kappa shape index (κ3) is 5.42. The number of esters is 1. The Morgan fingerprint density at radius 1 is 1.20 bits per heavy atom. The van der Waals surface area contributed by atoms with Crippen LogP contribution in [0.5, 0.6) is 0 Å². The first-order chi connectivity index (χ1) is 9.29. The van der Waals surface area contributed by atoms with E-state index in [1.165, 1.54) is 0 Å². The molecule has 0 bridgehead atoms. The molecular weight excluding hydrogens is 274 g/mol. The zero-order chi connectivity index (χ0) is 15.8. The Balaban J connectivity index is 0.000000796. The van der Waals surface area contributed by atoms with E-state index in [0.717, 1.165) is 25.9 Å². The van der Waals surface area contributed by atoms with E-state index in [-0.39, 0.29) is 5.91 Å². The summed E-state index contributed by atoms with van der Waals surface area (Å²) in [5, 5.41) is 0. The highest BCUT2D eigenvalue weighted by Crippen LogP contribution is 2.28. The minimum absolute atomic E-state index is 0.0778. The van der Waals surface area contributed by atoms with Crippen molar-refractivity contribution in [1.29, 1.82) is 0 Å². The van der Waals surface area contributed by atoms with E-state index in [9.17, 15) is 22.5 Å². The molecule has 0 unspecified atom stereocenters. The van der Waals surface area contributed by atoms with Gasteiger partial charge in [0, 0.05) is 13.1 Å². The van der Waals surface area contributed by atoms with Crippen LogP contribution in [0.1, 0.15) is 40.0 Å². The van der Waals surface area contributed by atoms with Crippen molar-refractivity contribution < 1.29 is 27.3 Å². The number of amides is 1. The summed E-state index contributed by atoms with van der Waals surface area (Å²) in [7, 11) is -3.67. The third-order valence-corrected chi connectivity index (χ3v) is 3.30. The molecule has 20 heavy (non-hydrogen) atoms. The lowest BCUT2D eigenvalue weighted by atomic mass is 9.86. The predicted molar refractivity (Wildman–Crippen MR) is 69.9 cm³/mol. The number of hydrogen-bond donors (Lipinski definition) is 0. The number of halogens is 3. The largest absolute Gasteiger partial charge is 0.762 e. The molecule has 0 saturated carbocycles. The summed E-state index contributed by atoms with van der Waals surface area (Å²) in [6.07, 6.45) is 2.56. The van der Waals surface area contributed by atoms with E-state index < -0.39 is 18.9 Å². The average Bonchev–Trinajstić information content (AvgIpc) is 2.90. The lowest BCUT2D eigenvalue weighted by Crippen LogP contribution is -2.46. The second-order valence-corrected chi connectivity index (χ2v) is 4.65. The van der Waals surface area contributed by atoms with Gasteiger partial charge in [0.2, 0.25) is 5.91 Å². The van der Waals surface area contributed by atoms with Crippen molar-refractivity contribution in [2.75, 3.05) is 19.7 Å². The second-order valence-electron chi connectivity index (χ2n) is 4.65. The Morgan fingerprint density at radius 2 is 1.65 bits per heavy atom. The number of carbonyl (C=O) groups is 2. The second kappa shape index (κ2) is 8.87. The Labute approximate surface area is 117 Å². The lowest BCUT2D eigenvalue weighted by Gasteiger charge is -2.29. The van der Waals surface area contributed by atoms with Crippen LogP contribution in [0.2, 0.25) is 0 Å². The zero-order valence-electron chi connectivity index (χ0n) is 12.1. The van der Waals surface area contributed by atoms with Crippen LogP contribution in [0.3, 0.4) is 0 Å². The monoisotopic (exact) mass is 295 g/mol. The van der Waals surface area contributed by atoms with Gasteiger partial charge >= 0.3 is 13.5 Å². The van der Waals surface area contributed by atoms with Crippen LogP contribution in [-0.2, 0) is 14.3 Å². The SMILES string of the molecule is CCOC(=O)[C@@](C)(CC)C(=O)N1CCCC1.FB(F)F. The van der Waals surface area contributed by atoms with Crippen LogP contribution in [0.15, 0.2) is 0 Å². The van der Waals surface area contributed by atoms with Gasteiger partial charge in [0.25, 0.3) is 0 Å². The van der Waals surface area contributed by atoms with E-state index in [2.05, 4.69) is 0 Å².